The quantitative estimate of drug-likeness (QED) is 0.114. The van der Waals surface area contributed by atoms with Crippen LogP contribution >= 0.6 is 0 Å². The van der Waals surface area contributed by atoms with Crippen molar-refractivity contribution >= 4 is 34.5 Å². The third-order valence-electron chi connectivity index (χ3n) is 20.3. The number of carbonyl (C=O) groups excluding carboxylic acids is 3. The zero-order valence-corrected chi connectivity index (χ0v) is 46.7. The number of methoxy groups -OCH3 is 1. The fourth-order valence-corrected chi connectivity index (χ4v) is 17.4. The Morgan fingerprint density at radius 1 is 0.877 bits per heavy atom. The summed E-state index contributed by atoms with van der Waals surface area (Å²) in [6, 6.07) is 1.64. The Bertz CT molecular complexity index is 2800. The Kier molecular flexibility index (Phi) is 12.8. The Hall–Kier alpha value is -4.53. The highest BCUT2D eigenvalue weighted by Gasteiger charge is 2.84. The van der Waals surface area contributed by atoms with Crippen LogP contribution in [-0.4, -0.2) is 119 Å². The predicted molar refractivity (Wildman–Crippen MR) is 279 cm³/mol. The largest absolute Gasteiger partial charge is 0.493 e. The molecule has 2 saturated heterocycles. The first-order valence-corrected chi connectivity index (χ1v) is 27.1. The van der Waals surface area contributed by atoms with Crippen LogP contribution in [0.25, 0.3) is 10.9 Å². The van der Waals surface area contributed by atoms with Gasteiger partial charge in [0, 0.05) is 105 Å². The molecular formula is C59H82F2N4O8. The number of nitrogens with zero attached hydrogens (tertiary/aromatic N) is 3. The maximum Gasteiger partial charge on any atom is 0.344 e. The number of carbonyl (C=O) groups is 3. The van der Waals surface area contributed by atoms with Gasteiger partial charge in [0.05, 0.1) is 26.4 Å². The fourth-order valence-electron chi connectivity index (χ4n) is 17.4. The van der Waals surface area contributed by atoms with Crippen LogP contribution in [0.3, 0.4) is 0 Å². The molecule has 6 heterocycles. The first kappa shape index (κ1) is 53.3. The van der Waals surface area contributed by atoms with Crippen LogP contribution in [0.5, 0.6) is 5.75 Å². The Balaban J connectivity index is 1.51. The molecule has 12 nitrogen and oxygen atoms in total. The highest BCUT2D eigenvalue weighted by atomic mass is 19.3. The number of nitrogens with one attached hydrogen (secondary N) is 1. The average molecular weight is 1010 g/mol. The average Bonchev–Trinajstić information content (AvgIpc) is 3.94. The van der Waals surface area contributed by atoms with Gasteiger partial charge in [-0.1, -0.05) is 26.0 Å². The maximum atomic E-state index is 16.5. The van der Waals surface area contributed by atoms with E-state index in [-0.39, 0.29) is 50.1 Å². The van der Waals surface area contributed by atoms with Gasteiger partial charge in [0.1, 0.15) is 11.2 Å². The molecule has 2 bridgehead atoms. The van der Waals surface area contributed by atoms with Gasteiger partial charge in [-0.05, 0) is 162 Å². The lowest BCUT2D eigenvalue weighted by Crippen LogP contribution is -2.82. The first-order chi connectivity index (χ1) is 34.1. The summed E-state index contributed by atoms with van der Waals surface area (Å²) < 4.78 is 58.3. The minimum atomic E-state index is -3.04. The predicted octanol–water partition coefficient (Wildman–Crippen LogP) is 10.0. The zero-order chi connectivity index (χ0) is 53.8. The second kappa shape index (κ2) is 17.5. The number of rotatable bonds is 10. The summed E-state index contributed by atoms with van der Waals surface area (Å²) in [5, 5.41) is 15.0. The van der Waals surface area contributed by atoms with Gasteiger partial charge in [0.2, 0.25) is 11.5 Å². The number of hydrogen-bond donors (Lipinski definition) is 2. The molecule has 1 saturated carbocycles. The SMILES string of the molecule is CCOC(=O)[C@]1(c2c(OCC)cc3c(c2C)C24[C@H]5N(C(C)C=C[C@@]5(CC)[C@@H](OC(C)=O)[C@](O)(C(=O)OC)[C@@H]2N3CC)C(C)[C@@H]4C)C[C@@H]2C[C@@H](C(C)(F)F)C(C)N(C2C)C(C)(C)c2c1[nH]c1cc(C)c(C)c(C)c21. The van der Waals surface area contributed by atoms with Crippen molar-refractivity contribution in [2.75, 3.05) is 31.8 Å². The number of anilines is 1. The van der Waals surface area contributed by atoms with Gasteiger partial charge in [-0.25, -0.2) is 13.6 Å². The molecule has 2 aromatic carbocycles. The molecule has 5 aliphatic heterocycles. The molecule has 9 rings (SSSR count). The van der Waals surface area contributed by atoms with Crippen molar-refractivity contribution in [3.05, 3.63) is 68.9 Å². The van der Waals surface area contributed by atoms with Crippen molar-refractivity contribution < 1.29 is 47.2 Å². The van der Waals surface area contributed by atoms with Gasteiger partial charge < -0.3 is 33.9 Å². The van der Waals surface area contributed by atoms with Crippen molar-refractivity contribution in [1.82, 2.24) is 14.8 Å². The number of likely N-dealkylation sites (N-methyl/N-ethyl adjacent to an activating group) is 1. The fraction of sp³-hybridized carbons (Fsp3) is 0.678. The molecule has 6 aliphatic rings. The molecule has 14 heteroatoms. The summed E-state index contributed by atoms with van der Waals surface area (Å²) in [4.78, 5) is 55.9. The number of halogens is 2. The molecule has 400 valence electrons. The number of benzene rings is 2. The summed E-state index contributed by atoms with van der Waals surface area (Å²) in [7, 11) is 1.26. The van der Waals surface area contributed by atoms with E-state index >= 15 is 18.4 Å². The lowest BCUT2D eigenvalue weighted by Gasteiger charge is -2.65. The molecule has 2 N–H and O–H groups in total. The van der Waals surface area contributed by atoms with Crippen LogP contribution in [0, 0.1) is 50.9 Å². The number of H-pyrrole nitrogens is 1. The number of aliphatic hydroxyl groups is 1. The normalized spacial score (nSPS) is 37.2. The molecule has 1 aliphatic carbocycles. The summed E-state index contributed by atoms with van der Waals surface area (Å²) in [5.41, 5.74) is 1.21. The Morgan fingerprint density at radius 3 is 2.12 bits per heavy atom. The zero-order valence-electron chi connectivity index (χ0n) is 46.7. The van der Waals surface area contributed by atoms with E-state index in [9.17, 15) is 9.90 Å². The molecule has 0 amide bonds. The van der Waals surface area contributed by atoms with Crippen LogP contribution in [0.1, 0.15) is 154 Å². The molecule has 15 atom stereocenters. The standard InChI is InChI=1S/C59H82F2N4O8/c1-19-56-24-23-30(6)64-35(11)34(10)58(49(56)64)45-33(9)46(43(71-21-3)27-42(45)63(20-2)50(58)59(69,53(68)70-18)51(56)73-38(14)66)57(52(67)72-22-4)28-39-26-40(55(17,60)61)37(13)65(36(39)12)54(15,16)47-44-32(8)31(7)29(5)25-41(44)62-48(47)57/h23-25,27,30,34-37,39-40,49-51,62,69H,19-22,26,28H2,1-18H3/t30?,34-,35?,36?,37?,39-,40+,49-,50+,51+,56+,57-,58?,59-/m0/s1. The van der Waals surface area contributed by atoms with Crippen molar-refractivity contribution in [3.63, 3.8) is 0 Å². The molecule has 3 fully saturated rings. The molecule has 1 spiro atoms. The minimum absolute atomic E-state index is 0.0535. The number of aromatic amines is 1. The smallest absolute Gasteiger partial charge is 0.344 e. The number of alkyl halides is 2. The summed E-state index contributed by atoms with van der Waals surface area (Å²) in [5.74, 6) is -6.41. The second-order valence-corrected chi connectivity index (χ2v) is 23.7. The number of aryl methyl sites for hydroxylation is 2. The number of fused-ring (bicyclic) bond motifs is 6. The topological polar surface area (TPSA) is 134 Å². The van der Waals surface area contributed by atoms with E-state index in [4.69, 9.17) is 18.9 Å². The van der Waals surface area contributed by atoms with Crippen molar-refractivity contribution in [2.24, 2.45) is 23.2 Å². The van der Waals surface area contributed by atoms with Gasteiger partial charge in [-0.3, -0.25) is 19.4 Å². The number of ether oxygens (including phenoxy) is 4. The van der Waals surface area contributed by atoms with E-state index in [0.29, 0.717) is 30.0 Å². The molecule has 6 unspecified atom stereocenters. The van der Waals surface area contributed by atoms with Gasteiger partial charge >= 0.3 is 17.9 Å². The highest BCUT2D eigenvalue weighted by Crippen LogP contribution is 2.72. The highest BCUT2D eigenvalue weighted by molar-refractivity contribution is 5.98. The van der Waals surface area contributed by atoms with E-state index in [0.717, 1.165) is 56.9 Å². The van der Waals surface area contributed by atoms with Gasteiger partial charge in [0.25, 0.3) is 0 Å². The summed E-state index contributed by atoms with van der Waals surface area (Å²) >= 11 is 0. The third kappa shape index (κ3) is 6.59. The Labute approximate surface area is 431 Å². The number of piperidine rings is 1. The van der Waals surface area contributed by atoms with Gasteiger partial charge in [-0.15, -0.1) is 0 Å². The molecule has 3 aromatic rings. The summed E-state index contributed by atoms with van der Waals surface area (Å²) in [6.07, 6.45) is 3.50. The van der Waals surface area contributed by atoms with E-state index in [1.165, 1.54) is 14.0 Å². The van der Waals surface area contributed by atoms with Crippen LogP contribution < -0.4 is 9.64 Å². The van der Waals surface area contributed by atoms with Crippen molar-refractivity contribution in [2.45, 2.75) is 207 Å². The van der Waals surface area contributed by atoms with Crippen LogP contribution in [0.4, 0.5) is 14.5 Å². The first-order valence-electron chi connectivity index (χ1n) is 27.1. The maximum absolute atomic E-state index is 16.5. The molecule has 73 heavy (non-hydrogen) atoms. The van der Waals surface area contributed by atoms with Gasteiger partial charge in [-0.2, -0.15) is 0 Å². The van der Waals surface area contributed by atoms with Crippen molar-refractivity contribution in [1.29, 1.82) is 0 Å². The van der Waals surface area contributed by atoms with E-state index in [1.807, 2.05) is 33.8 Å². The molecular weight excluding hydrogens is 931 g/mol. The number of hydrogen-bond acceptors (Lipinski definition) is 11. The van der Waals surface area contributed by atoms with E-state index in [1.54, 1.807) is 6.92 Å². The lowest BCUT2D eigenvalue weighted by atomic mass is 9.45. The third-order valence-corrected chi connectivity index (χ3v) is 20.3. The monoisotopic (exact) mass is 1010 g/mol. The van der Waals surface area contributed by atoms with E-state index < -0.39 is 87.3 Å². The number of aromatic nitrogens is 1. The summed E-state index contributed by atoms with van der Waals surface area (Å²) in [6.45, 7) is 34.0. The lowest BCUT2D eigenvalue weighted by molar-refractivity contribution is -0.231. The molecule has 1 aromatic heterocycles. The minimum Gasteiger partial charge on any atom is -0.493 e. The van der Waals surface area contributed by atoms with Crippen LogP contribution in [0.2, 0.25) is 0 Å². The second-order valence-electron chi connectivity index (χ2n) is 23.7. The molecule has 0 radical (unpaired) electrons. The van der Waals surface area contributed by atoms with Crippen LogP contribution in [0.15, 0.2) is 24.3 Å². The van der Waals surface area contributed by atoms with Gasteiger partial charge in [0.15, 0.2) is 6.10 Å². The number of esters is 3. The Morgan fingerprint density at radius 2 is 1.55 bits per heavy atom. The van der Waals surface area contributed by atoms with Crippen LogP contribution in [-0.2, 0) is 45.0 Å². The van der Waals surface area contributed by atoms with E-state index in [2.05, 4.69) is 107 Å². The van der Waals surface area contributed by atoms with Crippen molar-refractivity contribution in [3.8, 4) is 5.75 Å².